The number of benzene rings is 2. The molecule has 3 N–H and O–H groups in total. The number of nitrogens with one attached hydrogen (secondary N) is 1. The van der Waals surface area contributed by atoms with Crippen molar-refractivity contribution in [2.45, 2.75) is 24.3 Å². The fraction of sp³-hybridized carbons (Fsp3) is 0.154. The van der Waals surface area contributed by atoms with Gasteiger partial charge >= 0.3 is 0 Å². The molecule has 0 bridgehead atoms. The number of rotatable bonds is 4. The first-order chi connectivity index (χ1) is 17.2. The average Bonchev–Trinajstić information content (AvgIpc) is 3.23. The molecule has 0 spiro atoms. The number of carbonyl (C=O) groups is 1. The van der Waals surface area contributed by atoms with E-state index in [9.17, 15) is 18.7 Å². The molecule has 1 aliphatic rings. The number of nitrogens with two attached hydrogens (primary N) is 1. The maximum atomic E-state index is 13.7. The molecule has 1 aliphatic carbocycles. The largest absolute Gasteiger partial charge is 0.530 e. The third-order valence-electron chi connectivity index (χ3n) is 6.65. The van der Waals surface area contributed by atoms with Gasteiger partial charge in [-0.1, -0.05) is 54.6 Å². The first-order valence-electron chi connectivity index (χ1n) is 11.2. The van der Waals surface area contributed by atoms with Crippen molar-refractivity contribution in [3.8, 4) is 22.4 Å². The van der Waals surface area contributed by atoms with Crippen LogP contribution in [-0.2, 0) is 5.54 Å². The molecule has 0 unspecified atom stereocenters. The summed E-state index contributed by atoms with van der Waals surface area (Å²) in [4.78, 5) is 16.1. The Balaban J connectivity index is 1.50. The minimum atomic E-state index is -2.93. The predicted octanol–water partition coefficient (Wildman–Crippen LogP) is 3.75. The van der Waals surface area contributed by atoms with Crippen LogP contribution in [0.25, 0.3) is 38.9 Å². The highest BCUT2D eigenvalue weighted by molar-refractivity contribution is 5.98. The van der Waals surface area contributed by atoms with E-state index >= 15 is 0 Å². The first kappa shape index (κ1) is 21.9. The van der Waals surface area contributed by atoms with Crippen LogP contribution >= 0.6 is 0 Å². The number of amides is 1. The number of nitrogens with zero attached hydrogens (tertiary/aromatic N) is 4. The second-order valence-corrected chi connectivity index (χ2v) is 9.03. The summed E-state index contributed by atoms with van der Waals surface area (Å²) in [5, 5.41) is 22.3. The number of aromatic nitrogens is 4. The van der Waals surface area contributed by atoms with E-state index in [-0.39, 0.29) is 5.95 Å². The molecule has 0 saturated heterocycles. The molecule has 0 atom stereocenters. The van der Waals surface area contributed by atoms with Gasteiger partial charge in [0.25, 0.3) is 5.92 Å². The topological polar surface area (TPSA) is 121 Å². The summed E-state index contributed by atoms with van der Waals surface area (Å²) >= 11 is 0. The quantitative estimate of drug-likeness (QED) is 0.400. The molecule has 6 rings (SSSR count). The Morgan fingerprint density at radius 2 is 1.72 bits per heavy atom. The van der Waals surface area contributed by atoms with Gasteiger partial charge in [0, 0.05) is 35.6 Å². The Labute approximate surface area is 203 Å². The van der Waals surface area contributed by atoms with Crippen molar-refractivity contribution < 1.29 is 18.7 Å². The Kier molecular flexibility index (Phi) is 4.69. The summed E-state index contributed by atoms with van der Waals surface area (Å²) < 4.78 is 29.2. The van der Waals surface area contributed by atoms with Gasteiger partial charge in [0.15, 0.2) is 5.65 Å². The lowest BCUT2D eigenvalue weighted by atomic mass is 9.69. The molecule has 2 aromatic carbocycles. The summed E-state index contributed by atoms with van der Waals surface area (Å²) in [5.41, 5.74) is 9.45. The maximum Gasteiger partial charge on any atom is 0.253 e. The first-order valence-corrected chi connectivity index (χ1v) is 11.2. The molecule has 3 heterocycles. The van der Waals surface area contributed by atoms with Gasteiger partial charge in [0.1, 0.15) is 6.09 Å². The van der Waals surface area contributed by atoms with Gasteiger partial charge in [-0.3, -0.25) is 4.40 Å². The highest BCUT2D eigenvalue weighted by atomic mass is 19.3. The van der Waals surface area contributed by atoms with Crippen molar-refractivity contribution in [3.63, 3.8) is 0 Å². The van der Waals surface area contributed by atoms with E-state index in [4.69, 9.17) is 10.7 Å². The third-order valence-corrected chi connectivity index (χ3v) is 6.65. The van der Waals surface area contributed by atoms with E-state index in [1.54, 1.807) is 34.9 Å². The number of pyridine rings is 2. The molecule has 0 aliphatic heterocycles. The molecule has 10 heteroatoms. The number of hydrogen-bond acceptors (Lipinski definition) is 6. The summed E-state index contributed by atoms with van der Waals surface area (Å²) in [6.45, 7) is 0. The number of alkyl halides is 2. The van der Waals surface area contributed by atoms with Crippen molar-refractivity contribution in [2.75, 3.05) is 5.73 Å². The van der Waals surface area contributed by atoms with E-state index in [0.717, 1.165) is 22.1 Å². The summed E-state index contributed by atoms with van der Waals surface area (Å²) in [6.07, 6.45) is -1.07. The number of carboxylic acid groups (broad SMARTS) is 1. The van der Waals surface area contributed by atoms with Crippen LogP contribution in [0.15, 0.2) is 72.9 Å². The number of fused-ring (bicyclic) bond motifs is 3. The lowest BCUT2D eigenvalue weighted by Gasteiger charge is -2.48. The lowest BCUT2D eigenvalue weighted by molar-refractivity contribution is -0.258. The Morgan fingerprint density at radius 1 is 1.00 bits per heavy atom. The van der Waals surface area contributed by atoms with Crippen molar-refractivity contribution in [2.24, 2.45) is 0 Å². The predicted molar refractivity (Wildman–Crippen MR) is 128 cm³/mol. The zero-order valence-corrected chi connectivity index (χ0v) is 18.8. The summed E-state index contributed by atoms with van der Waals surface area (Å²) in [6, 6.07) is 20.3. The molecular weight excluding hydrogens is 466 g/mol. The van der Waals surface area contributed by atoms with Crippen molar-refractivity contribution in [1.82, 2.24) is 24.9 Å². The lowest BCUT2D eigenvalue weighted by Crippen LogP contribution is -2.62. The standard InChI is InChI=1S/C26H20F2N6O2/c27-26(28)13-25(14-26,31-24(35)36)17-8-6-16(7-9-17)21-18(15-4-2-1-3-5-15)12-19-20(30-21)10-11-34-22(19)32-33-23(34)29/h1-12,31H,13-14H2,(H2,29,33)(H,35,36)/p-1. The molecule has 180 valence electrons. The smallest absolute Gasteiger partial charge is 0.253 e. The average molecular weight is 485 g/mol. The van der Waals surface area contributed by atoms with Gasteiger partial charge in [-0.05, 0) is 23.3 Å². The summed E-state index contributed by atoms with van der Waals surface area (Å²) in [5.74, 6) is -2.66. The fourth-order valence-electron chi connectivity index (χ4n) is 5.01. The molecule has 1 saturated carbocycles. The normalized spacial score (nSPS) is 16.1. The Hall–Kier alpha value is -4.60. The molecule has 36 heavy (non-hydrogen) atoms. The van der Waals surface area contributed by atoms with E-state index in [1.807, 2.05) is 42.5 Å². The van der Waals surface area contributed by atoms with Crippen LogP contribution in [0, 0.1) is 0 Å². The van der Waals surface area contributed by atoms with Crippen molar-refractivity contribution in [1.29, 1.82) is 0 Å². The number of hydrogen-bond donors (Lipinski definition) is 2. The zero-order chi connectivity index (χ0) is 25.1. The molecule has 8 nitrogen and oxygen atoms in total. The van der Waals surface area contributed by atoms with Gasteiger partial charge in [0.2, 0.25) is 5.95 Å². The number of halogens is 2. The molecule has 3 aromatic heterocycles. The minimum absolute atomic E-state index is 0.272. The second kappa shape index (κ2) is 7.70. The third kappa shape index (κ3) is 3.49. The monoisotopic (exact) mass is 485 g/mol. The van der Waals surface area contributed by atoms with Gasteiger partial charge < -0.3 is 21.0 Å². The van der Waals surface area contributed by atoms with Crippen LogP contribution in [0.1, 0.15) is 18.4 Å². The van der Waals surface area contributed by atoms with E-state index < -0.39 is 30.4 Å². The van der Waals surface area contributed by atoms with Crippen LogP contribution < -0.4 is 16.2 Å². The fourth-order valence-corrected chi connectivity index (χ4v) is 5.01. The van der Waals surface area contributed by atoms with Crippen LogP contribution in [0.4, 0.5) is 19.5 Å². The van der Waals surface area contributed by atoms with Crippen molar-refractivity contribution >= 4 is 28.6 Å². The van der Waals surface area contributed by atoms with Gasteiger partial charge in [0.05, 0.1) is 16.7 Å². The zero-order valence-electron chi connectivity index (χ0n) is 18.8. The van der Waals surface area contributed by atoms with E-state index in [0.29, 0.717) is 22.4 Å². The number of carbonyl (C=O) groups excluding carboxylic acids is 1. The van der Waals surface area contributed by atoms with Gasteiger partial charge in [-0.2, -0.15) is 0 Å². The van der Waals surface area contributed by atoms with E-state index in [1.165, 1.54) is 0 Å². The van der Waals surface area contributed by atoms with Crippen molar-refractivity contribution in [3.05, 3.63) is 78.5 Å². The van der Waals surface area contributed by atoms with Crippen LogP contribution in [0.3, 0.4) is 0 Å². The highest BCUT2D eigenvalue weighted by Crippen LogP contribution is 2.51. The minimum Gasteiger partial charge on any atom is -0.530 e. The van der Waals surface area contributed by atoms with Crippen LogP contribution in [0.5, 0.6) is 0 Å². The highest BCUT2D eigenvalue weighted by Gasteiger charge is 2.57. The Bertz CT molecular complexity index is 1630. The Morgan fingerprint density at radius 3 is 2.39 bits per heavy atom. The van der Waals surface area contributed by atoms with Gasteiger partial charge in [-0.25, -0.2) is 13.8 Å². The molecule has 5 aromatic rings. The van der Waals surface area contributed by atoms with E-state index in [2.05, 4.69) is 15.5 Å². The molecule has 1 fully saturated rings. The number of anilines is 1. The van der Waals surface area contributed by atoms with Crippen LogP contribution in [0.2, 0.25) is 0 Å². The van der Waals surface area contributed by atoms with Crippen LogP contribution in [-0.4, -0.2) is 31.6 Å². The molecule has 1 amide bonds. The second-order valence-electron chi connectivity index (χ2n) is 9.03. The summed E-state index contributed by atoms with van der Waals surface area (Å²) in [7, 11) is 0. The SMILES string of the molecule is Nc1nnc2c3cc(-c4ccccc4)c(-c4ccc(C5(NC(=O)[O-])CC(F)(F)C5)cc4)nc3ccn12. The molecular formula is C26H19F2N6O2-. The molecule has 0 radical (unpaired) electrons. The maximum absolute atomic E-state index is 13.7. The number of nitrogen functional groups attached to an aromatic ring is 1. The van der Waals surface area contributed by atoms with Gasteiger partial charge in [-0.15, -0.1) is 10.2 Å².